The van der Waals surface area contributed by atoms with E-state index in [1.807, 2.05) is 0 Å². The van der Waals surface area contributed by atoms with E-state index in [9.17, 15) is 14.0 Å². The van der Waals surface area contributed by atoms with Crippen molar-refractivity contribution in [1.82, 2.24) is 5.32 Å². The molecule has 0 heterocycles. The van der Waals surface area contributed by atoms with E-state index >= 15 is 0 Å². The van der Waals surface area contributed by atoms with Gasteiger partial charge in [0.25, 0.3) is 0 Å². The van der Waals surface area contributed by atoms with E-state index in [4.69, 9.17) is 5.73 Å². The van der Waals surface area contributed by atoms with Gasteiger partial charge in [0.1, 0.15) is 5.82 Å². The van der Waals surface area contributed by atoms with Crippen molar-refractivity contribution in [1.29, 1.82) is 0 Å². The van der Waals surface area contributed by atoms with Gasteiger partial charge in [-0.3, -0.25) is 4.79 Å². The van der Waals surface area contributed by atoms with Crippen LogP contribution in [0.2, 0.25) is 0 Å². The van der Waals surface area contributed by atoms with Crippen molar-refractivity contribution in [2.45, 2.75) is 18.2 Å². The molecule has 2 aromatic carbocycles. The van der Waals surface area contributed by atoms with Gasteiger partial charge >= 0.3 is 6.03 Å². The molecule has 0 aliphatic carbocycles. The average molecular weight is 361 g/mol. The van der Waals surface area contributed by atoms with Crippen molar-refractivity contribution >= 4 is 29.4 Å². The minimum atomic E-state index is -0.528. The summed E-state index contributed by atoms with van der Waals surface area (Å²) in [4.78, 5) is 24.2. The molecule has 0 spiro atoms. The molecule has 0 saturated carbocycles. The molecule has 5 nitrogen and oxygen atoms in total. The van der Waals surface area contributed by atoms with Crippen LogP contribution in [0.5, 0.6) is 0 Å². The molecule has 132 valence electrons. The number of carbonyl (C=O) groups excluding carboxylic acids is 2. The normalized spacial score (nSPS) is 10.3. The van der Waals surface area contributed by atoms with Crippen LogP contribution in [0.15, 0.2) is 47.4 Å². The van der Waals surface area contributed by atoms with E-state index in [0.717, 1.165) is 22.6 Å². The first kappa shape index (κ1) is 18.8. The van der Waals surface area contributed by atoms with Crippen molar-refractivity contribution in [3.8, 4) is 0 Å². The Morgan fingerprint density at radius 2 is 1.88 bits per heavy atom. The van der Waals surface area contributed by atoms with Gasteiger partial charge in [0.2, 0.25) is 5.91 Å². The van der Waals surface area contributed by atoms with Gasteiger partial charge in [0, 0.05) is 22.7 Å². The predicted molar refractivity (Wildman–Crippen MR) is 98.5 cm³/mol. The number of hydrogen-bond donors (Lipinski definition) is 3. The van der Waals surface area contributed by atoms with Crippen LogP contribution < -0.4 is 16.4 Å². The van der Waals surface area contributed by atoms with Crippen LogP contribution in [-0.4, -0.2) is 24.2 Å². The quantitative estimate of drug-likeness (QED) is 0.521. The van der Waals surface area contributed by atoms with Gasteiger partial charge in [-0.1, -0.05) is 6.07 Å². The second kappa shape index (κ2) is 9.08. The molecule has 0 bridgehead atoms. The van der Waals surface area contributed by atoms with Crippen LogP contribution in [0.4, 0.5) is 14.9 Å². The molecule has 25 heavy (non-hydrogen) atoms. The van der Waals surface area contributed by atoms with Gasteiger partial charge < -0.3 is 16.4 Å². The maximum atomic E-state index is 12.8. The summed E-state index contributed by atoms with van der Waals surface area (Å²) < 4.78 is 12.8. The summed E-state index contributed by atoms with van der Waals surface area (Å²) in [6.45, 7) is 2.29. The summed E-state index contributed by atoms with van der Waals surface area (Å²) in [5.74, 6) is 0.0279. The number of nitrogens with two attached hydrogens (primary N) is 1. The van der Waals surface area contributed by atoms with Gasteiger partial charge in [0.15, 0.2) is 0 Å². The molecule has 0 unspecified atom stereocenters. The third-order valence-corrected chi connectivity index (χ3v) is 4.55. The van der Waals surface area contributed by atoms with Gasteiger partial charge in [0.05, 0.1) is 0 Å². The van der Waals surface area contributed by atoms with Crippen LogP contribution in [-0.2, 0) is 0 Å². The van der Waals surface area contributed by atoms with Crippen LogP contribution in [0.25, 0.3) is 0 Å². The van der Waals surface area contributed by atoms with Gasteiger partial charge in [-0.05, 0) is 61.1 Å². The number of amides is 3. The Kier molecular flexibility index (Phi) is 6.82. The largest absolute Gasteiger partial charge is 0.366 e. The summed E-state index contributed by atoms with van der Waals surface area (Å²) in [6, 6.07) is 11.0. The topological polar surface area (TPSA) is 84.2 Å². The number of urea groups is 1. The lowest BCUT2D eigenvalue weighted by Gasteiger charge is -2.09. The number of carbonyl (C=O) groups is 2. The van der Waals surface area contributed by atoms with Crippen LogP contribution in [0.1, 0.15) is 22.3 Å². The standard InChI is InChI=1S/C18H20FN3O2S/c1-12-3-6-14(11-16(12)17(20)23)22-18(24)21-9-2-10-25-15-7-4-13(19)5-8-15/h3-8,11H,2,9-10H2,1H3,(H2,20,23)(H2,21,22,24). The zero-order valence-corrected chi connectivity index (χ0v) is 14.7. The highest BCUT2D eigenvalue weighted by atomic mass is 32.2. The van der Waals surface area contributed by atoms with Gasteiger partial charge in [-0.25, -0.2) is 9.18 Å². The molecule has 4 N–H and O–H groups in total. The Morgan fingerprint density at radius 1 is 1.16 bits per heavy atom. The molecular weight excluding hydrogens is 341 g/mol. The number of halogens is 1. The Balaban J connectivity index is 1.71. The highest BCUT2D eigenvalue weighted by molar-refractivity contribution is 7.99. The van der Waals surface area contributed by atoms with Crippen LogP contribution in [0.3, 0.4) is 0 Å². The van der Waals surface area contributed by atoms with Crippen molar-refractivity contribution in [3.05, 3.63) is 59.4 Å². The van der Waals surface area contributed by atoms with Crippen molar-refractivity contribution in [3.63, 3.8) is 0 Å². The smallest absolute Gasteiger partial charge is 0.319 e. The molecule has 2 aromatic rings. The third-order valence-electron chi connectivity index (χ3n) is 3.45. The minimum absolute atomic E-state index is 0.252. The zero-order valence-electron chi connectivity index (χ0n) is 13.8. The average Bonchev–Trinajstić information content (AvgIpc) is 2.57. The number of primary amides is 1. The monoisotopic (exact) mass is 361 g/mol. The summed E-state index contributed by atoms with van der Waals surface area (Å²) in [5.41, 5.74) is 6.95. The molecule has 0 aliphatic heterocycles. The maximum absolute atomic E-state index is 12.8. The number of aryl methyl sites for hydroxylation is 1. The Labute approximate surface area is 150 Å². The van der Waals surface area contributed by atoms with Gasteiger partial charge in [-0.15, -0.1) is 11.8 Å². The molecule has 7 heteroatoms. The fourth-order valence-electron chi connectivity index (χ4n) is 2.14. The molecule has 0 aromatic heterocycles. The Hall–Kier alpha value is -2.54. The summed E-state index contributed by atoms with van der Waals surface area (Å²) in [6.07, 6.45) is 0.774. The Bertz CT molecular complexity index is 750. The molecule has 0 atom stereocenters. The lowest BCUT2D eigenvalue weighted by atomic mass is 10.1. The fourth-order valence-corrected chi connectivity index (χ4v) is 2.99. The number of benzene rings is 2. The van der Waals surface area contributed by atoms with Crippen LogP contribution in [0, 0.1) is 12.7 Å². The van der Waals surface area contributed by atoms with E-state index in [2.05, 4.69) is 10.6 Å². The number of thioether (sulfide) groups is 1. The highest BCUT2D eigenvalue weighted by Gasteiger charge is 2.08. The fraction of sp³-hybridized carbons (Fsp3) is 0.222. The summed E-state index contributed by atoms with van der Waals surface area (Å²) in [7, 11) is 0. The Morgan fingerprint density at radius 3 is 2.56 bits per heavy atom. The number of hydrogen-bond acceptors (Lipinski definition) is 3. The van der Waals surface area contributed by atoms with E-state index in [1.165, 1.54) is 12.1 Å². The predicted octanol–water partition coefficient (Wildman–Crippen LogP) is 3.54. The molecule has 0 fully saturated rings. The van der Waals surface area contributed by atoms with Gasteiger partial charge in [-0.2, -0.15) is 0 Å². The first-order valence-corrected chi connectivity index (χ1v) is 8.78. The number of rotatable bonds is 7. The summed E-state index contributed by atoms with van der Waals surface area (Å²) in [5, 5.41) is 5.42. The summed E-state index contributed by atoms with van der Waals surface area (Å²) >= 11 is 1.60. The van der Waals surface area contributed by atoms with E-state index < -0.39 is 5.91 Å². The van der Waals surface area contributed by atoms with Crippen molar-refractivity contribution in [2.24, 2.45) is 5.73 Å². The first-order valence-electron chi connectivity index (χ1n) is 7.79. The molecule has 0 aliphatic rings. The molecule has 0 saturated heterocycles. The van der Waals surface area contributed by atoms with Crippen LogP contribution >= 0.6 is 11.8 Å². The molecule has 3 amide bonds. The molecule has 0 radical (unpaired) electrons. The second-order valence-electron chi connectivity index (χ2n) is 5.43. The second-order valence-corrected chi connectivity index (χ2v) is 6.60. The first-order chi connectivity index (χ1) is 12.0. The minimum Gasteiger partial charge on any atom is -0.366 e. The SMILES string of the molecule is Cc1ccc(NC(=O)NCCCSc2ccc(F)cc2)cc1C(N)=O. The molecular formula is C18H20FN3O2S. The van der Waals surface area contributed by atoms with E-state index in [-0.39, 0.29) is 11.8 Å². The number of nitrogens with one attached hydrogen (secondary N) is 2. The molecule has 2 rings (SSSR count). The maximum Gasteiger partial charge on any atom is 0.319 e. The van der Waals surface area contributed by atoms with E-state index in [1.54, 1.807) is 49.0 Å². The lowest BCUT2D eigenvalue weighted by molar-refractivity contribution is 0.0999. The number of anilines is 1. The third kappa shape index (κ3) is 6.11. The highest BCUT2D eigenvalue weighted by Crippen LogP contribution is 2.18. The van der Waals surface area contributed by atoms with Crippen molar-refractivity contribution < 1.29 is 14.0 Å². The van der Waals surface area contributed by atoms with E-state index in [0.29, 0.717) is 17.8 Å². The lowest BCUT2D eigenvalue weighted by Crippen LogP contribution is -2.30. The zero-order chi connectivity index (χ0) is 18.2. The van der Waals surface area contributed by atoms with Crippen molar-refractivity contribution in [2.75, 3.05) is 17.6 Å².